The van der Waals surface area contributed by atoms with E-state index in [4.69, 9.17) is 4.74 Å². The van der Waals surface area contributed by atoms with Crippen LogP contribution in [0.5, 0.6) is 0 Å². The van der Waals surface area contributed by atoms with Gasteiger partial charge in [0.15, 0.2) is 6.61 Å². The first-order valence-electron chi connectivity index (χ1n) is 11.7. The summed E-state index contributed by atoms with van der Waals surface area (Å²) < 4.78 is 32.7. The van der Waals surface area contributed by atoms with E-state index in [1.165, 1.54) is 16.4 Å². The summed E-state index contributed by atoms with van der Waals surface area (Å²) in [5.41, 5.74) is 1.71. The highest BCUT2D eigenvalue weighted by Gasteiger charge is 2.27. The quantitative estimate of drug-likeness (QED) is 0.517. The van der Waals surface area contributed by atoms with Crippen molar-refractivity contribution in [2.45, 2.75) is 44.6 Å². The number of ether oxygens (including phenoxy) is 1. The summed E-state index contributed by atoms with van der Waals surface area (Å²) in [5, 5.41) is 2.81. The smallest absolute Gasteiger partial charge is 0.340 e. The number of carbonyl (C=O) groups excluding carboxylic acids is 2. The van der Waals surface area contributed by atoms with Gasteiger partial charge in [-0.05, 0) is 43.5 Å². The lowest BCUT2D eigenvalue weighted by atomic mass is 10.1. The van der Waals surface area contributed by atoms with Gasteiger partial charge in [0.25, 0.3) is 5.91 Å². The Morgan fingerprint density at radius 2 is 1.71 bits per heavy atom. The van der Waals surface area contributed by atoms with E-state index in [1.807, 2.05) is 42.2 Å². The maximum atomic E-state index is 13.0. The van der Waals surface area contributed by atoms with Crippen LogP contribution in [0.15, 0.2) is 53.4 Å². The van der Waals surface area contributed by atoms with Crippen molar-refractivity contribution in [3.63, 3.8) is 0 Å². The van der Waals surface area contributed by atoms with E-state index in [2.05, 4.69) is 5.32 Å². The maximum absolute atomic E-state index is 13.0. The fraction of sp³-hybridized carbons (Fsp3) is 0.440. The molecule has 9 heteroatoms. The molecule has 1 amide bonds. The highest BCUT2D eigenvalue weighted by molar-refractivity contribution is 7.89. The van der Waals surface area contributed by atoms with E-state index < -0.39 is 28.5 Å². The van der Waals surface area contributed by atoms with Crippen molar-refractivity contribution in [1.29, 1.82) is 0 Å². The second-order valence-electron chi connectivity index (χ2n) is 8.24. The van der Waals surface area contributed by atoms with Crippen LogP contribution in [-0.4, -0.2) is 57.4 Å². The molecule has 1 fully saturated rings. The summed E-state index contributed by atoms with van der Waals surface area (Å²) in [6.45, 7) is 7.13. The van der Waals surface area contributed by atoms with E-state index in [0.29, 0.717) is 18.8 Å². The van der Waals surface area contributed by atoms with Gasteiger partial charge in [-0.2, -0.15) is 4.31 Å². The number of amides is 1. The number of anilines is 1. The first-order chi connectivity index (χ1) is 16.3. The number of nitrogens with zero attached hydrogens (tertiary/aromatic N) is 2. The zero-order valence-corrected chi connectivity index (χ0v) is 20.8. The Kier molecular flexibility index (Phi) is 8.68. The number of benzene rings is 2. The second kappa shape index (κ2) is 11.5. The Morgan fingerprint density at radius 3 is 2.32 bits per heavy atom. The summed E-state index contributed by atoms with van der Waals surface area (Å²) in [5.74, 6) is -1.15. The summed E-state index contributed by atoms with van der Waals surface area (Å²) in [6.07, 6.45) is 1.99. The predicted molar refractivity (Wildman–Crippen MR) is 131 cm³/mol. The van der Waals surface area contributed by atoms with Crippen LogP contribution in [0.25, 0.3) is 0 Å². The monoisotopic (exact) mass is 487 g/mol. The van der Waals surface area contributed by atoms with Gasteiger partial charge in [-0.25, -0.2) is 13.2 Å². The molecular weight excluding hydrogens is 454 g/mol. The molecule has 1 heterocycles. The van der Waals surface area contributed by atoms with Gasteiger partial charge < -0.3 is 15.0 Å². The molecular formula is C25H33N3O5S. The molecule has 0 aliphatic carbocycles. The Balaban J connectivity index is 1.78. The summed E-state index contributed by atoms with van der Waals surface area (Å²) in [6, 6.07) is 13.8. The van der Waals surface area contributed by atoms with Crippen molar-refractivity contribution in [1.82, 2.24) is 9.62 Å². The van der Waals surface area contributed by atoms with Crippen molar-refractivity contribution in [2.24, 2.45) is 0 Å². The normalized spacial score (nSPS) is 14.8. The number of esters is 1. The van der Waals surface area contributed by atoms with Crippen LogP contribution in [0.3, 0.4) is 0 Å². The third-order valence-corrected chi connectivity index (χ3v) is 8.04. The van der Waals surface area contributed by atoms with Crippen LogP contribution in [-0.2, 0) is 19.6 Å². The van der Waals surface area contributed by atoms with Gasteiger partial charge in [0, 0.05) is 26.2 Å². The number of rotatable bonds is 10. The highest BCUT2D eigenvalue weighted by Crippen LogP contribution is 2.29. The van der Waals surface area contributed by atoms with Crippen LogP contribution >= 0.6 is 0 Å². The van der Waals surface area contributed by atoms with Gasteiger partial charge >= 0.3 is 5.97 Å². The van der Waals surface area contributed by atoms with Crippen LogP contribution in [0, 0.1) is 0 Å². The molecule has 0 saturated carbocycles. The predicted octanol–water partition coefficient (Wildman–Crippen LogP) is 3.35. The molecule has 1 atom stereocenters. The van der Waals surface area contributed by atoms with Crippen LogP contribution in [0.4, 0.5) is 5.69 Å². The second-order valence-corrected chi connectivity index (χ2v) is 10.2. The molecule has 0 spiro atoms. The number of hydrogen-bond donors (Lipinski definition) is 1. The average Bonchev–Trinajstić information content (AvgIpc) is 3.38. The lowest BCUT2D eigenvalue weighted by Crippen LogP contribution is -2.32. The zero-order valence-electron chi connectivity index (χ0n) is 20.0. The summed E-state index contributed by atoms with van der Waals surface area (Å²) >= 11 is 0. The third kappa shape index (κ3) is 5.95. The van der Waals surface area contributed by atoms with Gasteiger partial charge in [-0.1, -0.05) is 44.2 Å². The molecule has 2 aromatic carbocycles. The molecule has 1 saturated heterocycles. The largest absolute Gasteiger partial charge is 0.452 e. The number of hydrogen-bond acceptors (Lipinski definition) is 6. The molecule has 1 aliphatic heterocycles. The van der Waals surface area contributed by atoms with Crippen LogP contribution in [0.2, 0.25) is 0 Å². The lowest BCUT2D eigenvalue weighted by Gasteiger charge is -2.23. The average molecular weight is 488 g/mol. The van der Waals surface area contributed by atoms with Gasteiger partial charge in [0.05, 0.1) is 22.2 Å². The van der Waals surface area contributed by atoms with Crippen molar-refractivity contribution >= 4 is 27.6 Å². The molecule has 1 unspecified atom stereocenters. The lowest BCUT2D eigenvalue weighted by molar-refractivity contribution is -0.124. The molecule has 34 heavy (non-hydrogen) atoms. The van der Waals surface area contributed by atoms with E-state index in [0.717, 1.165) is 31.5 Å². The first-order valence-corrected chi connectivity index (χ1v) is 13.1. The summed E-state index contributed by atoms with van der Waals surface area (Å²) in [4.78, 5) is 27.5. The molecule has 8 nitrogen and oxygen atoms in total. The van der Waals surface area contributed by atoms with Gasteiger partial charge in [0.2, 0.25) is 10.0 Å². The Morgan fingerprint density at radius 1 is 1.06 bits per heavy atom. The van der Waals surface area contributed by atoms with Crippen molar-refractivity contribution in [3.05, 3.63) is 59.7 Å². The molecule has 0 bridgehead atoms. The standard InChI is InChI=1S/C25H33N3O5S/c1-4-28(5-2)34(31,32)21-13-14-23(27-15-9-10-16-27)22(17-21)25(30)33-18-24(29)26-19(3)20-11-7-6-8-12-20/h6-8,11-14,17,19H,4-5,9-10,15-16,18H2,1-3H3,(H,26,29). The molecule has 0 radical (unpaired) electrons. The third-order valence-electron chi connectivity index (χ3n) is 5.99. The Labute approximate surface area is 201 Å². The minimum absolute atomic E-state index is 0.0354. The van der Waals surface area contributed by atoms with Crippen molar-refractivity contribution in [3.8, 4) is 0 Å². The van der Waals surface area contributed by atoms with E-state index in [-0.39, 0.29) is 16.5 Å². The van der Waals surface area contributed by atoms with Crippen molar-refractivity contribution in [2.75, 3.05) is 37.7 Å². The molecule has 1 N–H and O–H groups in total. The van der Waals surface area contributed by atoms with E-state index >= 15 is 0 Å². The molecule has 2 aromatic rings. The van der Waals surface area contributed by atoms with Crippen LogP contribution < -0.4 is 10.2 Å². The van der Waals surface area contributed by atoms with E-state index in [1.54, 1.807) is 19.9 Å². The number of carbonyl (C=O) groups is 2. The Bertz CT molecular complexity index is 1090. The maximum Gasteiger partial charge on any atom is 0.340 e. The fourth-order valence-corrected chi connectivity index (χ4v) is 5.59. The van der Waals surface area contributed by atoms with Crippen molar-refractivity contribution < 1.29 is 22.7 Å². The molecule has 1 aliphatic rings. The molecule has 0 aromatic heterocycles. The zero-order chi connectivity index (χ0) is 24.7. The van der Waals surface area contributed by atoms with Gasteiger partial charge in [0.1, 0.15) is 0 Å². The van der Waals surface area contributed by atoms with Crippen LogP contribution in [0.1, 0.15) is 55.6 Å². The van der Waals surface area contributed by atoms with E-state index in [9.17, 15) is 18.0 Å². The van der Waals surface area contributed by atoms with Gasteiger partial charge in [-0.15, -0.1) is 0 Å². The summed E-state index contributed by atoms with van der Waals surface area (Å²) in [7, 11) is -3.75. The Hall–Kier alpha value is -2.91. The SMILES string of the molecule is CCN(CC)S(=O)(=O)c1ccc(N2CCCC2)c(C(=O)OCC(=O)NC(C)c2ccccc2)c1. The van der Waals surface area contributed by atoms with Gasteiger partial charge in [-0.3, -0.25) is 4.79 Å². The molecule has 184 valence electrons. The molecule has 3 rings (SSSR count). The first kappa shape index (κ1) is 25.7. The fourth-order valence-electron chi connectivity index (χ4n) is 4.10. The topological polar surface area (TPSA) is 96.0 Å². The minimum Gasteiger partial charge on any atom is -0.452 e. The number of nitrogens with one attached hydrogen (secondary N) is 1. The highest BCUT2D eigenvalue weighted by atomic mass is 32.2. The number of sulfonamides is 1. The minimum atomic E-state index is -3.75.